The van der Waals surface area contributed by atoms with Crippen molar-refractivity contribution in [3.8, 4) is 0 Å². The van der Waals surface area contributed by atoms with Crippen LogP contribution in [0.15, 0.2) is 23.1 Å². The normalized spacial score (nSPS) is 25.3. The molecular weight excluding hydrogens is 375 g/mol. The highest BCUT2D eigenvalue weighted by Crippen LogP contribution is 2.40. The number of fused-ring (bicyclic) bond motifs is 1. The zero-order chi connectivity index (χ0) is 19.1. The molecule has 3 atom stereocenters. The maximum Gasteiger partial charge on any atom is 0.416 e. The summed E-state index contributed by atoms with van der Waals surface area (Å²) in [5.41, 5.74) is -0.823. The molecule has 1 amide bonds. The Balaban J connectivity index is 1.65. The standard InChI is InChI=1S/C16H14F3NO5S/c1-7-4-10(15(23)24-7)25-13(21)6-12-14(22)20-9-5-8(16(17,18)19)2-3-11(9)26-12/h2-3,5,7,10,12H,4,6H2,1H3,(H,20,22)/t7-,10-,12-/m1/s1. The SMILES string of the molecule is C[C@@H]1C[C@@H](OC(=O)C[C@H]2Sc3ccc(C(F)(F)F)cc3NC2=O)C(=O)O1. The molecule has 10 heteroatoms. The van der Waals surface area contributed by atoms with E-state index < -0.39 is 40.9 Å². The molecule has 2 aliphatic rings. The van der Waals surface area contributed by atoms with E-state index >= 15 is 0 Å². The molecule has 3 rings (SSSR count). The van der Waals surface area contributed by atoms with Crippen LogP contribution in [0.5, 0.6) is 0 Å². The van der Waals surface area contributed by atoms with Gasteiger partial charge < -0.3 is 14.8 Å². The summed E-state index contributed by atoms with van der Waals surface area (Å²) >= 11 is 0.976. The van der Waals surface area contributed by atoms with Crippen molar-refractivity contribution in [2.75, 3.05) is 5.32 Å². The number of cyclic esters (lactones) is 1. The van der Waals surface area contributed by atoms with E-state index in [0.717, 1.165) is 23.9 Å². The molecular formula is C16H14F3NO5S. The number of esters is 2. The molecule has 0 bridgehead atoms. The van der Waals surface area contributed by atoms with Gasteiger partial charge in [-0.2, -0.15) is 13.2 Å². The molecule has 0 aliphatic carbocycles. The second-order valence-corrected chi connectivity index (χ2v) is 7.21. The van der Waals surface area contributed by atoms with Crippen LogP contribution in [-0.4, -0.2) is 35.3 Å². The molecule has 6 nitrogen and oxygen atoms in total. The first kappa shape index (κ1) is 18.6. The quantitative estimate of drug-likeness (QED) is 0.801. The summed E-state index contributed by atoms with van der Waals surface area (Å²) < 4.78 is 48.1. The van der Waals surface area contributed by atoms with Crippen LogP contribution in [0.2, 0.25) is 0 Å². The van der Waals surface area contributed by atoms with Crippen LogP contribution in [0, 0.1) is 0 Å². The van der Waals surface area contributed by atoms with E-state index in [4.69, 9.17) is 9.47 Å². The number of rotatable bonds is 3. The maximum absolute atomic E-state index is 12.7. The number of nitrogens with one attached hydrogen (secondary N) is 1. The molecule has 1 aromatic rings. The molecule has 0 saturated carbocycles. The summed E-state index contributed by atoms with van der Waals surface area (Å²) in [4.78, 5) is 36.0. The number of hydrogen-bond donors (Lipinski definition) is 1. The van der Waals surface area contributed by atoms with Crippen LogP contribution in [0.4, 0.5) is 18.9 Å². The summed E-state index contributed by atoms with van der Waals surface area (Å²) in [6, 6.07) is 3.01. The Morgan fingerprint density at radius 3 is 2.73 bits per heavy atom. The Bertz CT molecular complexity index is 767. The van der Waals surface area contributed by atoms with E-state index in [0.29, 0.717) is 4.90 Å². The van der Waals surface area contributed by atoms with E-state index in [1.807, 2.05) is 0 Å². The lowest BCUT2D eigenvalue weighted by Gasteiger charge is -2.24. The minimum Gasteiger partial charge on any atom is -0.460 e. The summed E-state index contributed by atoms with van der Waals surface area (Å²) in [6.45, 7) is 1.67. The van der Waals surface area contributed by atoms with Gasteiger partial charge in [-0.15, -0.1) is 11.8 Å². The zero-order valence-electron chi connectivity index (χ0n) is 13.5. The molecule has 0 unspecified atom stereocenters. The van der Waals surface area contributed by atoms with Crippen molar-refractivity contribution in [3.05, 3.63) is 23.8 Å². The molecule has 2 heterocycles. The minimum atomic E-state index is -4.52. The van der Waals surface area contributed by atoms with E-state index in [-0.39, 0.29) is 24.6 Å². The summed E-state index contributed by atoms with van der Waals surface area (Å²) in [6.07, 6.45) is -5.91. The van der Waals surface area contributed by atoms with Crippen LogP contribution < -0.4 is 5.32 Å². The lowest BCUT2D eigenvalue weighted by molar-refractivity contribution is -0.161. The lowest BCUT2D eigenvalue weighted by Crippen LogP contribution is -2.33. The Hall–Kier alpha value is -2.23. The largest absolute Gasteiger partial charge is 0.460 e. The fraction of sp³-hybridized carbons (Fsp3) is 0.438. The maximum atomic E-state index is 12.7. The Morgan fingerprint density at radius 2 is 2.12 bits per heavy atom. The summed E-state index contributed by atoms with van der Waals surface area (Å²) in [5, 5.41) is 1.52. The monoisotopic (exact) mass is 389 g/mol. The predicted octanol–water partition coefficient (Wildman–Crippen LogP) is 2.76. The number of carbonyl (C=O) groups excluding carboxylic acids is 3. The van der Waals surface area contributed by atoms with Crippen LogP contribution in [0.3, 0.4) is 0 Å². The average molecular weight is 389 g/mol. The number of anilines is 1. The van der Waals surface area contributed by atoms with Gasteiger partial charge in [-0.3, -0.25) is 9.59 Å². The molecule has 0 radical (unpaired) electrons. The van der Waals surface area contributed by atoms with Gasteiger partial charge in [0.25, 0.3) is 0 Å². The Morgan fingerprint density at radius 1 is 1.38 bits per heavy atom. The summed E-state index contributed by atoms with van der Waals surface area (Å²) in [7, 11) is 0. The van der Waals surface area contributed by atoms with E-state index in [2.05, 4.69) is 5.32 Å². The van der Waals surface area contributed by atoms with Gasteiger partial charge in [0.2, 0.25) is 12.0 Å². The first-order valence-electron chi connectivity index (χ1n) is 7.72. The topological polar surface area (TPSA) is 81.7 Å². The van der Waals surface area contributed by atoms with Crippen LogP contribution in [-0.2, 0) is 30.0 Å². The smallest absolute Gasteiger partial charge is 0.416 e. The molecule has 26 heavy (non-hydrogen) atoms. The minimum absolute atomic E-state index is 0.0487. The third kappa shape index (κ3) is 3.95. The van der Waals surface area contributed by atoms with Crippen LogP contribution in [0.25, 0.3) is 0 Å². The number of carbonyl (C=O) groups is 3. The van der Waals surface area contributed by atoms with Gasteiger partial charge in [-0.05, 0) is 25.1 Å². The van der Waals surface area contributed by atoms with Crippen molar-refractivity contribution < 1.29 is 37.0 Å². The zero-order valence-corrected chi connectivity index (χ0v) is 14.3. The van der Waals surface area contributed by atoms with Crippen molar-refractivity contribution in [1.29, 1.82) is 0 Å². The lowest BCUT2D eigenvalue weighted by atomic mass is 10.1. The van der Waals surface area contributed by atoms with Gasteiger partial charge in [0.15, 0.2) is 0 Å². The van der Waals surface area contributed by atoms with E-state index in [9.17, 15) is 27.6 Å². The van der Waals surface area contributed by atoms with Gasteiger partial charge in [-0.1, -0.05) is 0 Å². The van der Waals surface area contributed by atoms with Crippen molar-refractivity contribution >= 4 is 35.3 Å². The van der Waals surface area contributed by atoms with Gasteiger partial charge in [0.1, 0.15) is 6.10 Å². The van der Waals surface area contributed by atoms with Crippen LogP contribution in [0.1, 0.15) is 25.3 Å². The number of thioether (sulfide) groups is 1. The van der Waals surface area contributed by atoms with Gasteiger partial charge in [0.05, 0.1) is 22.9 Å². The molecule has 1 fully saturated rings. The Labute approximate surface area is 150 Å². The average Bonchev–Trinajstić information content (AvgIpc) is 2.84. The highest BCUT2D eigenvalue weighted by molar-refractivity contribution is 8.01. The number of alkyl halides is 3. The molecule has 1 saturated heterocycles. The fourth-order valence-electron chi connectivity index (χ4n) is 2.64. The molecule has 140 valence electrons. The molecule has 1 aromatic carbocycles. The third-order valence-electron chi connectivity index (χ3n) is 3.88. The highest BCUT2D eigenvalue weighted by atomic mass is 32.2. The first-order chi connectivity index (χ1) is 12.1. The van der Waals surface area contributed by atoms with Crippen molar-refractivity contribution in [3.63, 3.8) is 0 Å². The van der Waals surface area contributed by atoms with Gasteiger partial charge in [0, 0.05) is 11.3 Å². The van der Waals surface area contributed by atoms with E-state index in [1.165, 1.54) is 6.07 Å². The second-order valence-electron chi connectivity index (χ2n) is 5.97. The molecule has 0 spiro atoms. The number of hydrogen-bond acceptors (Lipinski definition) is 6. The van der Waals surface area contributed by atoms with Crippen LogP contribution >= 0.6 is 11.8 Å². The van der Waals surface area contributed by atoms with Crippen molar-refractivity contribution in [2.24, 2.45) is 0 Å². The molecule has 0 aromatic heterocycles. The number of halogens is 3. The third-order valence-corrected chi connectivity index (χ3v) is 5.15. The molecule has 1 N–H and O–H groups in total. The Kier molecular flexibility index (Phi) is 4.87. The number of ether oxygens (including phenoxy) is 2. The van der Waals surface area contributed by atoms with Crippen molar-refractivity contribution in [1.82, 2.24) is 0 Å². The van der Waals surface area contributed by atoms with Gasteiger partial charge >= 0.3 is 18.1 Å². The molecule has 2 aliphatic heterocycles. The second kappa shape index (κ2) is 6.82. The van der Waals surface area contributed by atoms with E-state index in [1.54, 1.807) is 6.92 Å². The fourth-order valence-corrected chi connectivity index (χ4v) is 3.71. The number of amides is 1. The summed E-state index contributed by atoms with van der Waals surface area (Å²) in [5.74, 6) is -1.97. The van der Waals surface area contributed by atoms with Gasteiger partial charge in [-0.25, -0.2) is 4.79 Å². The first-order valence-corrected chi connectivity index (χ1v) is 8.60. The van der Waals surface area contributed by atoms with Crippen molar-refractivity contribution in [2.45, 2.75) is 48.3 Å². The predicted molar refractivity (Wildman–Crippen MR) is 84.4 cm³/mol. The highest BCUT2D eigenvalue weighted by Gasteiger charge is 2.37. The number of benzene rings is 1.